The molecule has 88 valence electrons. The van der Waals surface area contributed by atoms with Crippen LogP contribution in [0.2, 0.25) is 0 Å². The first-order chi connectivity index (χ1) is 7.65. The molecule has 2 atom stereocenters. The molecule has 1 saturated heterocycles. The maximum atomic E-state index is 11.9. The third kappa shape index (κ3) is 2.70. The van der Waals surface area contributed by atoms with Gasteiger partial charge >= 0.3 is 0 Å². The van der Waals surface area contributed by atoms with Crippen molar-refractivity contribution < 1.29 is 4.79 Å². The maximum Gasteiger partial charge on any atom is 0.167 e. The molecule has 1 aliphatic heterocycles. The van der Waals surface area contributed by atoms with Gasteiger partial charge in [-0.25, -0.2) is 0 Å². The Labute approximate surface area is 96.0 Å². The van der Waals surface area contributed by atoms with Crippen LogP contribution in [0, 0.1) is 5.92 Å². The smallest absolute Gasteiger partial charge is 0.167 e. The van der Waals surface area contributed by atoms with E-state index in [9.17, 15) is 4.79 Å². The van der Waals surface area contributed by atoms with Crippen molar-refractivity contribution >= 4 is 5.78 Å². The van der Waals surface area contributed by atoms with Crippen LogP contribution in [0.25, 0.3) is 0 Å². The van der Waals surface area contributed by atoms with Crippen molar-refractivity contribution in [1.82, 2.24) is 15.1 Å². The summed E-state index contributed by atoms with van der Waals surface area (Å²) in [4.78, 5) is 11.9. The van der Waals surface area contributed by atoms with Gasteiger partial charge in [-0.1, -0.05) is 6.92 Å². The van der Waals surface area contributed by atoms with Gasteiger partial charge in [0, 0.05) is 25.7 Å². The number of Topliss-reactive ketones (excluding diaryl/α,β-unsaturated/α-hetero) is 1. The molecule has 2 unspecified atom stereocenters. The van der Waals surface area contributed by atoms with E-state index in [-0.39, 0.29) is 5.78 Å². The summed E-state index contributed by atoms with van der Waals surface area (Å²) < 4.78 is 1.67. The molecule has 1 aliphatic rings. The monoisotopic (exact) mass is 221 g/mol. The molecule has 4 heteroatoms. The lowest BCUT2D eigenvalue weighted by Gasteiger charge is -2.27. The van der Waals surface area contributed by atoms with Gasteiger partial charge < -0.3 is 5.32 Å². The molecule has 2 rings (SSSR count). The Morgan fingerprint density at radius 1 is 1.69 bits per heavy atom. The van der Waals surface area contributed by atoms with Crippen molar-refractivity contribution in [2.24, 2.45) is 13.0 Å². The van der Waals surface area contributed by atoms with E-state index in [1.807, 2.05) is 7.05 Å². The summed E-state index contributed by atoms with van der Waals surface area (Å²) in [5.74, 6) is 0.924. The zero-order valence-corrected chi connectivity index (χ0v) is 9.94. The van der Waals surface area contributed by atoms with E-state index in [2.05, 4.69) is 17.3 Å². The van der Waals surface area contributed by atoms with Crippen LogP contribution >= 0.6 is 0 Å². The summed E-state index contributed by atoms with van der Waals surface area (Å²) >= 11 is 0. The fourth-order valence-electron chi connectivity index (χ4n) is 2.28. The molecule has 2 heterocycles. The van der Waals surface area contributed by atoms with Gasteiger partial charge in [-0.05, 0) is 25.3 Å². The van der Waals surface area contributed by atoms with E-state index in [0.717, 1.165) is 24.4 Å². The summed E-state index contributed by atoms with van der Waals surface area (Å²) in [6, 6.07) is 0.344. The highest BCUT2D eigenvalue weighted by Gasteiger charge is 2.21. The van der Waals surface area contributed by atoms with Crippen LogP contribution in [-0.2, 0) is 7.05 Å². The first kappa shape index (κ1) is 11.3. The van der Waals surface area contributed by atoms with Crippen molar-refractivity contribution in [3.05, 3.63) is 18.0 Å². The van der Waals surface area contributed by atoms with E-state index in [1.165, 1.54) is 6.42 Å². The van der Waals surface area contributed by atoms with Gasteiger partial charge in [-0.2, -0.15) is 5.10 Å². The number of hydrogen-bond acceptors (Lipinski definition) is 3. The molecule has 0 saturated carbocycles. The minimum absolute atomic E-state index is 0.194. The Morgan fingerprint density at radius 3 is 3.12 bits per heavy atom. The Hall–Kier alpha value is -1.16. The Morgan fingerprint density at radius 2 is 2.50 bits per heavy atom. The van der Waals surface area contributed by atoms with Gasteiger partial charge in [0.1, 0.15) is 0 Å². The van der Waals surface area contributed by atoms with Crippen molar-refractivity contribution in [3.63, 3.8) is 0 Å². The van der Waals surface area contributed by atoms with Crippen LogP contribution < -0.4 is 5.32 Å². The average molecular weight is 221 g/mol. The lowest BCUT2D eigenvalue weighted by molar-refractivity contribution is 0.0959. The van der Waals surface area contributed by atoms with E-state index in [1.54, 1.807) is 17.1 Å². The number of ketones is 1. The molecule has 0 bridgehead atoms. The van der Waals surface area contributed by atoms with Crippen molar-refractivity contribution in [3.8, 4) is 0 Å². The second kappa shape index (κ2) is 4.78. The highest BCUT2D eigenvalue weighted by molar-refractivity contribution is 5.95. The quantitative estimate of drug-likeness (QED) is 0.784. The highest BCUT2D eigenvalue weighted by atomic mass is 16.1. The van der Waals surface area contributed by atoms with Crippen LogP contribution in [0.4, 0.5) is 0 Å². The predicted octanol–water partition coefficient (Wildman–Crippen LogP) is 1.38. The van der Waals surface area contributed by atoms with Crippen LogP contribution in [0.1, 0.15) is 36.5 Å². The first-order valence-electron chi connectivity index (χ1n) is 5.90. The third-order valence-corrected chi connectivity index (χ3v) is 3.22. The molecule has 1 N–H and O–H groups in total. The summed E-state index contributed by atoms with van der Waals surface area (Å²) in [5, 5.41) is 7.43. The number of hydrogen-bond donors (Lipinski definition) is 1. The number of rotatable bonds is 3. The van der Waals surface area contributed by atoms with Crippen LogP contribution in [0.3, 0.4) is 0 Å². The molecule has 0 amide bonds. The van der Waals surface area contributed by atoms with E-state index in [0.29, 0.717) is 12.5 Å². The van der Waals surface area contributed by atoms with E-state index < -0.39 is 0 Å². The van der Waals surface area contributed by atoms with Gasteiger partial charge in [0.2, 0.25) is 0 Å². The van der Waals surface area contributed by atoms with Crippen molar-refractivity contribution in [2.45, 2.75) is 32.2 Å². The summed E-state index contributed by atoms with van der Waals surface area (Å²) in [6.45, 7) is 3.29. The fourth-order valence-corrected chi connectivity index (χ4v) is 2.28. The second-order valence-electron chi connectivity index (χ2n) is 4.81. The molecule has 0 spiro atoms. The molecule has 0 aliphatic carbocycles. The van der Waals surface area contributed by atoms with Crippen LogP contribution in [-0.4, -0.2) is 28.2 Å². The predicted molar refractivity (Wildman–Crippen MR) is 62.3 cm³/mol. The molecule has 1 aromatic heterocycles. The molecule has 1 aromatic rings. The minimum atomic E-state index is 0.194. The molecular formula is C12H19N3O. The molecule has 16 heavy (non-hydrogen) atoms. The minimum Gasteiger partial charge on any atom is -0.314 e. The number of piperidine rings is 1. The number of nitrogens with one attached hydrogen (secondary N) is 1. The lowest BCUT2D eigenvalue weighted by Crippen LogP contribution is -2.38. The van der Waals surface area contributed by atoms with Crippen LogP contribution in [0.15, 0.2) is 12.4 Å². The molecule has 0 radical (unpaired) electrons. The zero-order valence-electron chi connectivity index (χ0n) is 9.94. The van der Waals surface area contributed by atoms with Gasteiger partial charge in [-0.3, -0.25) is 9.48 Å². The number of nitrogens with zero attached hydrogens (tertiary/aromatic N) is 2. The number of carbonyl (C=O) groups is 1. The van der Waals surface area contributed by atoms with E-state index in [4.69, 9.17) is 0 Å². The third-order valence-electron chi connectivity index (χ3n) is 3.22. The second-order valence-corrected chi connectivity index (χ2v) is 4.81. The fraction of sp³-hybridized carbons (Fsp3) is 0.667. The zero-order chi connectivity index (χ0) is 11.5. The van der Waals surface area contributed by atoms with Crippen LogP contribution in [0.5, 0.6) is 0 Å². The van der Waals surface area contributed by atoms with Crippen molar-refractivity contribution in [1.29, 1.82) is 0 Å². The Balaban J connectivity index is 1.92. The SMILES string of the molecule is CC1CCNC(CC(=O)c2cnn(C)c2)C1. The van der Waals surface area contributed by atoms with Crippen molar-refractivity contribution in [2.75, 3.05) is 6.54 Å². The summed E-state index contributed by atoms with van der Waals surface area (Å²) in [6.07, 6.45) is 6.35. The average Bonchev–Trinajstić information content (AvgIpc) is 2.65. The standard InChI is InChI=1S/C12H19N3O/c1-9-3-4-13-11(5-9)6-12(16)10-7-14-15(2)8-10/h7-9,11,13H,3-6H2,1-2H3. The maximum absolute atomic E-state index is 11.9. The first-order valence-corrected chi connectivity index (χ1v) is 5.90. The summed E-state index contributed by atoms with van der Waals surface area (Å²) in [7, 11) is 1.83. The lowest BCUT2D eigenvalue weighted by atomic mass is 9.91. The molecule has 1 fully saturated rings. The summed E-state index contributed by atoms with van der Waals surface area (Å²) in [5.41, 5.74) is 0.725. The molecule has 4 nitrogen and oxygen atoms in total. The Bertz CT molecular complexity index is 372. The van der Waals surface area contributed by atoms with Gasteiger partial charge in [0.05, 0.1) is 11.8 Å². The van der Waals surface area contributed by atoms with Gasteiger partial charge in [0.15, 0.2) is 5.78 Å². The van der Waals surface area contributed by atoms with Gasteiger partial charge in [0.25, 0.3) is 0 Å². The highest BCUT2D eigenvalue weighted by Crippen LogP contribution is 2.18. The number of carbonyl (C=O) groups excluding carboxylic acids is 1. The van der Waals surface area contributed by atoms with E-state index >= 15 is 0 Å². The molecule has 0 aromatic carbocycles. The topological polar surface area (TPSA) is 46.9 Å². The number of aromatic nitrogens is 2. The largest absolute Gasteiger partial charge is 0.314 e. The molecular weight excluding hydrogens is 202 g/mol. The Kier molecular flexibility index (Phi) is 3.39. The normalized spacial score (nSPS) is 25.6. The number of aryl methyl sites for hydroxylation is 1. The van der Waals surface area contributed by atoms with Gasteiger partial charge in [-0.15, -0.1) is 0 Å².